The van der Waals surface area contributed by atoms with E-state index in [1.165, 1.54) is 22.5 Å². The van der Waals surface area contributed by atoms with Crippen molar-refractivity contribution in [1.82, 2.24) is 14.8 Å². The molecule has 2 aromatic rings. The number of nitrogens with one attached hydrogen (secondary N) is 1. The van der Waals surface area contributed by atoms with Crippen LogP contribution in [0.15, 0.2) is 33.7 Å². The number of sulfonamides is 1. The molecule has 1 aliphatic rings. The van der Waals surface area contributed by atoms with Crippen LogP contribution in [0.5, 0.6) is 0 Å². The fourth-order valence-electron chi connectivity index (χ4n) is 3.40. The van der Waals surface area contributed by atoms with Crippen LogP contribution in [-0.2, 0) is 14.8 Å². The molecule has 156 valence electrons. The maximum Gasteiger partial charge on any atom is 0.248 e. The fourth-order valence-corrected chi connectivity index (χ4v) is 5.17. The lowest BCUT2D eigenvalue weighted by molar-refractivity contribution is -0.125. The number of benzene rings is 1. The quantitative estimate of drug-likeness (QED) is 0.774. The summed E-state index contributed by atoms with van der Waals surface area (Å²) in [5.74, 6) is -0.929. The van der Waals surface area contributed by atoms with Crippen LogP contribution in [0.1, 0.15) is 36.8 Å². The van der Waals surface area contributed by atoms with Crippen molar-refractivity contribution in [2.45, 2.75) is 31.6 Å². The number of hydrogen-bond acceptors (Lipinski definition) is 5. The van der Waals surface area contributed by atoms with Gasteiger partial charge in [0, 0.05) is 25.2 Å². The Morgan fingerprint density at radius 3 is 2.86 bits per heavy atom. The predicted octanol–water partition coefficient (Wildman–Crippen LogP) is 2.83. The molecule has 1 aliphatic heterocycles. The number of amides is 1. The number of aromatic nitrogens is 1. The molecule has 0 aliphatic carbocycles. The highest BCUT2D eigenvalue weighted by Gasteiger charge is 2.36. The summed E-state index contributed by atoms with van der Waals surface area (Å²) in [6.07, 6.45) is 4.07. The first-order valence-electron chi connectivity index (χ1n) is 9.51. The monoisotopic (exact) mass is 421 g/mol. The number of hydrogen-bond donors (Lipinski definition) is 1. The second-order valence-electron chi connectivity index (χ2n) is 6.91. The summed E-state index contributed by atoms with van der Waals surface area (Å²) >= 11 is 0. The van der Waals surface area contributed by atoms with Crippen molar-refractivity contribution in [3.63, 3.8) is 0 Å². The Hall–Kier alpha value is -2.52. The molecular formula is C20H24FN3O4S. The van der Waals surface area contributed by atoms with Gasteiger partial charge in [0.2, 0.25) is 15.9 Å². The van der Waals surface area contributed by atoms with Gasteiger partial charge in [-0.1, -0.05) is 23.4 Å². The number of carbonyl (C=O) groups excluding carboxylic acids is 1. The molecule has 9 heteroatoms. The van der Waals surface area contributed by atoms with Crippen molar-refractivity contribution in [3.8, 4) is 0 Å². The van der Waals surface area contributed by atoms with E-state index in [1.807, 2.05) is 6.92 Å². The molecule has 7 nitrogen and oxygen atoms in total. The highest BCUT2D eigenvalue weighted by atomic mass is 32.2. The minimum atomic E-state index is -3.92. The molecule has 1 saturated heterocycles. The summed E-state index contributed by atoms with van der Waals surface area (Å²) < 4.78 is 46.9. The average molecular weight is 421 g/mol. The van der Waals surface area contributed by atoms with Crippen LogP contribution in [0.2, 0.25) is 0 Å². The first kappa shape index (κ1) is 21.2. The summed E-state index contributed by atoms with van der Waals surface area (Å²) in [5.41, 5.74) is 0.525. The maximum absolute atomic E-state index is 13.8. The van der Waals surface area contributed by atoms with Crippen molar-refractivity contribution in [2.75, 3.05) is 19.6 Å². The number of piperidine rings is 1. The molecule has 0 bridgehead atoms. The molecule has 1 atom stereocenters. The molecule has 0 spiro atoms. The molecule has 1 aromatic heterocycles. The number of carbonyl (C=O) groups is 1. The molecule has 2 heterocycles. The van der Waals surface area contributed by atoms with Gasteiger partial charge in [-0.25, -0.2) is 12.8 Å². The van der Waals surface area contributed by atoms with Gasteiger partial charge < -0.3 is 9.84 Å². The van der Waals surface area contributed by atoms with Crippen LogP contribution in [0, 0.1) is 18.7 Å². The Morgan fingerprint density at radius 1 is 1.38 bits per heavy atom. The Kier molecular flexibility index (Phi) is 6.49. The summed E-state index contributed by atoms with van der Waals surface area (Å²) in [6, 6.07) is 6.15. The Morgan fingerprint density at radius 2 is 2.14 bits per heavy atom. The van der Waals surface area contributed by atoms with Crippen LogP contribution in [0.25, 0.3) is 12.2 Å². The zero-order valence-corrected chi connectivity index (χ0v) is 17.2. The van der Waals surface area contributed by atoms with Crippen LogP contribution in [0.3, 0.4) is 0 Å². The van der Waals surface area contributed by atoms with Gasteiger partial charge in [0.15, 0.2) is 10.7 Å². The highest BCUT2D eigenvalue weighted by Crippen LogP contribution is 2.29. The lowest BCUT2D eigenvalue weighted by Crippen LogP contribution is -2.45. The zero-order chi connectivity index (χ0) is 21.0. The number of aryl methyl sites for hydroxylation is 1. The Labute approximate surface area is 169 Å². The second kappa shape index (κ2) is 8.87. The SMILES string of the molecule is CCNC(=O)C1CCCN(S(=O)(=O)c2c(C)noc2/C=C/c2ccccc2F)C1. The minimum Gasteiger partial charge on any atom is -0.356 e. The van der Waals surface area contributed by atoms with E-state index in [-0.39, 0.29) is 28.8 Å². The van der Waals surface area contributed by atoms with E-state index < -0.39 is 21.8 Å². The molecule has 3 rings (SSSR count). The van der Waals surface area contributed by atoms with Crippen LogP contribution in [0.4, 0.5) is 4.39 Å². The Bertz CT molecular complexity index is 1020. The third kappa shape index (κ3) is 4.56. The number of nitrogens with zero attached hydrogens (tertiary/aromatic N) is 2. The number of rotatable bonds is 6. The number of halogens is 1. The van der Waals surface area contributed by atoms with Gasteiger partial charge in [-0.05, 0) is 44.9 Å². The molecular weight excluding hydrogens is 397 g/mol. The van der Waals surface area contributed by atoms with Crippen molar-refractivity contribution >= 4 is 28.1 Å². The van der Waals surface area contributed by atoms with Gasteiger partial charge in [0.1, 0.15) is 11.5 Å². The van der Waals surface area contributed by atoms with Gasteiger partial charge in [-0.3, -0.25) is 4.79 Å². The van der Waals surface area contributed by atoms with Gasteiger partial charge in [0.25, 0.3) is 0 Å². The third-order valence-corrected chi connectivity index (χ3v) is 6.88. The normalized spacial score (nSPS) is 18.2. The summed E-state index contributed by atoms with van der Waals surface area (Å²) in [7, 11) is -3.92. The largest absolute Gasteiger partial charge is 0.356 e. The van der Waals surface area contributed by atoms with E-state index in [1.54, 1.807) is 25.1 Å². The topological polar surface area (TPSA) is 92.5 Å². The van der Waals surface area contributed by atoms with Crippen molar-refractivity contribution < 1.29 is 22.1 Å². The Balaban J connectivity index is 1.89. The van der Waals surface area contributed by atoms with Crippen LogP contribution >= 0.6 is 0 Å². The first-order valence-corrected chi connectivity index (χ1v) is 10.9. The molecule has 1 unspecified atom stereocenters. The van der Waals surface area contributed by atoms with Crippen LogP contribution < -0.4 is 5.32 Å². The molecule has 1 amide bonds. The zero-order valence-electron chi connectivity index (χ0n) is 16.4. The van der Waals surface area contributed by atoms with Gasteiger partial charge in [0.05, 0.1) is 5.92 Å². The average Bonchev–Trinajstić information content (AvgIpc) is 3.09. The summed E-state index contributed by atoms with van der Waals surface area (Å²) in [6.45, 7) is 4.29. The summed E-state index contributed by atoms with van der Waals surface area (Å²) in [4.78, 5) is 12.1. The van der Waals surface area contributed by atoms with Crippen molar-refractivity contribution in [3.05, 3.63) is 47.1 Å². The van der Waals surface area contributed by atoms with E-state index in [9.17, 15) is 17.6 Å². The van der Waals surface area contributed by atoms with E-state index in [0.717, 1.165) is 0 Å². The molecule has 0 saturated carbocycles. The van der Waals surface area contributed by atoms with Crippen molar-refractivity contribution in [2.24, 2.45) is 5.92 Å². The standard InChI is InChI=1S/C20H24FN3O4S/c1-3-22-20(25)16-8-6-12-24(13-16)29(26,27)19-14(2)23-28-18(19)11-10-15-7-4-5-9-17(15)21/h4-5,7,9-11,16H,3,6,8,12-13H2,1-2H3,(H,22,25)/b11-10+. The lowest BCUT2D eigenvalue weighted by atomic mass is 9.99. The highest BCUT2D eigenvalue weighted by molar-refractivity contribution is 7.89. The summed E-state index contributed by atoms with van der Waals surface area (Å²) in [5, 5.41) is 6.54. The lowest BCUT2D eigenvalue weighted by Gasteiger charge is -2.31. The molecule has 1 aromatic carbocycles. The van der Waals surface area contributed by atoms with E-state index in [2.05, 4.69) is 10.5 Å². The molecule has 29 heavy (non-hydrogen) atoms. The van der Waals surface area contributed by atoms with E-state index in [0.29, 0.717) is 31.5 Å². The van der Waals surface area contributed by atoms with Crippen LogP contribution in [-0.4, -0.2) is 43.4 Å². The van der Waals surface area contributed by atoms with Crippen molar-refractivity contribution in [1.29, 1.82) is 0 Å². The van der Waals surface area contributed by atoms with Gasteiger partial charge in [-0.2, -0.15) is 4.31 Å². The molecule has 1 fully saturated rings. The van der Waals surface area contributed by atoms with E-state index >= 15 is 0 Å². The minimum absolute atomic E-state index is 0.0332. The third-order valence-electron chi connectivity index (χ3n) is 4.86. The molecule has 1 N–H and O–H groups in total. The smallest absolute Gasteiger partial charge is 0.248 e. The second-order valence-corrected chi connectivity index (χ2v) is 8.79. The van der Waals surface area contributed by atoms with E-state index in [4.69, 9.17) is 4.52 Å². The maximum atomic E-state index is 13.8. The fraction of sp³-hybridized carbons (Fsp3) is 0.400. The predicted molar refractivity (Wildman–Crippen MR) is 107 cm³/mol. The van der Waals surface area contributed by atoms with Gasteiger partial charge >= 0.3 is 0 Å². The first-order chi connectivity index (χ1) is 13.8. The van der Waals surface area contributed by atoms with Gasteiger partial charge in [-0.15, -0.1) is 0 Å². The molecule has 0 radical (unpaired) electrons.